The second-order valence-corrected chi connectivity index (χ2v) is 4.85. The molecule has 3 N–H and O–H groups in total. The Bertz CT molecular complexity index is 526. The van der Waals surface area contributed by atoms with Crippen LogP contribution < -0.4 is 5.14 Å². The number of halogens is 1. The molecule has 0 heterocycles. The maximum atomic E-state index is 13.4. The van der Waals surface area contributed by atoms with E-state index in [9.17, 15) is 17.6 Å². The van der Waals surface area contributed by atoms with Crippen molar-refractivity contribution in [2.75, 3.05) is 0 Å². The molecule has 1 aromatic carbocycles. The lowest BCUT2D eigenvalue weighted by molar-refractivity contribution is -0.138. The fraction of sp³-hybridized carbons (Fsp3) is 0.222. The molecule has 1 unspecified atom stereocenters. The molecule has 0 saturated heterocycles. The Kier molecular flexibility index (Phi) is 3.30. The van der Waals surface area contributed by atoms with E-state index in [0.717, 1.165) is 12.1 Å². The lowest BCUT2D eigenvalue weighted by atomic mass is 10.0. The van der Waals surface area contributed by atoms with E-state index < -0.39 is 27.7 Å². The maximum absolute atomic E-state index is 13.4. The highest BCUT2D eigenvalue weighted by Gasteiger charge is 2.19. The molecule has 0 fully saturated rings. The third-order valence-corrected chi connectivity index (χ3v) is 3.05. The van der Waals surface area contributed by atoms with Gasteiger partial charge >= 0.3 is 5.97 Å². The fourth-order valence-electron chi connectivity index (χ4n) is 1.17. The molecule has 7 heteroatoms. The van der Waals surface area contributed by atoms with Crippen molar-refractivity contribution in [2.24, 2.45) is 5.14 Å². The van der Waals surface area contributed by atoms with E-state index in [-0.39, 0.29) is 10.5 Å². The molecule has 5 nitrogen and oxygen atoms in total. The normalized spacial score (nSPS) is 13.4. The summed E-state index contributed by atoms with van der Waals surface area (Å²) in [4.78, 5) is 10.2. The second kappa shape index (κ2) is 4.18. The average molecular weight is 247 g/mol. The Morgan fingerprint density at radius 3 is 2.44 bits per heavy atom. The Morgan fingerprint density at radius 1 is 1.50 bits per heavy atom. The van der Waals surface area contributed by atoms with Crippen LogP contribution in [-0.2, 0) is 14.8 Å². The van der Waals surface area contributed by atoms with Crippen LogP contribution in [0.5, 0.6) is 0 Å². The molecule has 1 rings (SSSR count). The van der Waals surface area contributed by atoms with Crippen molar-refractivity contribution in [1.82, 2.24) is 0 Å². The summed E-state index contributed by atoms with van der Waals surface area (Å²) >= 11 is 0. The van der Waals surface area contributed by atoms with Gasteiger partial charge in [-0.1, -0.05) is 6.07 Å². The number of rotatable bonds is 3. The standard InChI is InChI=1S/C9H10FNO4S/c1-5(9(12)13)7-3-2-6(4-8(7)10)16(11,14)15/h2-5H,1H3,(H,12,13)(H2,11,14,15). The lowest BCUT2D eigenvalue weighted by Crippen LogP contribution is -2.14. The molecule has 16 heavy (non-hydrogen) atoms. The van der Waals surface area contributed by atoms with Gasteiger partial charge in [0.15, 0.2) is 0 Å². The minimum atomic E-state index is -3.98. The van der Waals surface area contributed by atoms with Gasteiger partial charge in [0, 0.05) is 5.56 Å². The van der Waals surface area contributed by atoms with Crippen LogP contribution in [0.15, 0.2) is 23.1 Å². The van der Waals surface area contributed by atoms with Gasteiger partial charge in [-0.15, -0.1) is 0 Å². The summed E-state index contributed by atoms with van der Waals surface area (Å²) in [5.74, 6) is -3.14. The number of primary sulfonamides is 1. The van der Waals surface area contributed by atoms with Crippen molar-refractivity contribution in [3.05, 3.63) is 29.6 Å². The number of carboxylic acids is 1. The van der Waals surface area contributed by atoms with Gasteiger partial charge in [0.1, 0.15) is 5.82 Å². The number of hydrogen-bond acceptors (Lipinski definition) is 3. The monoisotopic (exact) mass is 247 g/mol. The first-order chi connectivity index (χ1) is 7.23. The Balaban J connectivity index is 3.25. The zero-order chi connectivity index (χ0) is 12.5. The average Bonchev–Trinajstić information content (AvgIpc) is 2.15. The number of carbonyl (C=O) groups is 1. The smallest absolute Gasteiger partial charge is 0.310 e. The van der Waals surface area contributed by atoms with Crippen LogP contribution in [0, 0.1) is 5.82 Å². The van der Waals surface area contributed by atoms with Crippen LogP contribution in [0.3, 0.4) is 0 Å². The SMILES string of the molecule is CC(C(=O)O)c1ccc(S(N)(=O)=O)cc1F. The molecule has 0 amide bonds. The summed E-state index contributed by atoms with van der Waals surface area (Å²) in [6, 6.07) is 2.89. The van der Waals surface area contributed by atoms with E-state index in [0.29, 0.717) is 6.07 Å². The molecular weight excluding hydrogens is 237 g/mol. The summed E-state index contributed by atoms with van der Waals surface area (Å²) in [6.45, 7) is 1.30. The molecule has 0 aliphatic rings. The molecule has 0 radical (unpaired) electrons. The molecule has 0 bridgehead atoms. The summed E-state index contributed by atoms with van der Waals surface area (Å²) in [6.07, 6.45) is 0. The van der Waals surface area contributed by atoms with Gasteiger partial charge in [0.25, 0.3) is 0 Å². The Morgan fingerprint density at radius 2 is 2.06 bits per heavy atom. The van der Waals surface area contributed by atoms with Crippen molar-refractivity contribution in [3.8, 4) is 0 Å². The van der Waals surface area contributed by atoms with Gasteiger partial charge in [-0.2, -0.15) is 0 Å². The van der Waals surface area contributed by atoms with Crippen LogP contribution in [0.1, 0.15) is 18.4 Å². The van der Waals surface area contributed by atoms with Gasteiger partial charge < -0.3 is 5.11 Å². The van der Waals surface area contributed by atoms with Gasteiger partial charge in [-0.3, -0.25) is 4.79 Å². The van der Waals surface area contributed by atoms with Gasteiger partial charge in [-0.05, 0) is 19.1 Å². The summed E-state index contributed by atoms with van der Waals surface area (Å²) < 4.78 is 35.2. The quantitative estimate of drug-likeness (QED) is 0.819. The van der Waals surface area contributed by atoms with Crippen molar-refractivity contribution >= 4 is 16.0 Å². The number of aliphatic carboxylic acids is 1. The third-order valence-electron chi connectivity index (χ3n) is 2.14. The first kappa shape index (κ1) is 12.6. The predicted octanol–water partition coefficient (Wildman–Crippen LogP) is 0.661. The summed E-state index contributed by atoms with van der Waals surface area (Å²) in [5.41, 5.74) is -0.0834. The largest absolute Gasteiger partial charge is 0.481 e. The Labute approximate surface area is 91.7 Å². The number of carboxylic acid groups (broad SMARTS) is 1. The fourth-order valence-corrected chi connectivity index (χ4v) is 1.69. The molecule has 0 aliphatic heterocycles. The minimum Gasteiger partial charge on any atom is -0.481 e. The zero-order valence-corrected chi connectivity index (χ0v) is 9.16. The van der Waals surface area contributed by atoms with Crippen LogP contribution in [-0.4, -0.2) is 19.5 Å². The topological polar surface area (TPSA) is 97.5 Å². The molecule has 0 aromatic heterocycles. The molecule has 1 aromatic rings. The summed E-state index contributed by atoms with van der Waals surface area (Å²) in [7, 11) is -3.98. The highest BCUT2D eigenvalue weighted by molar-refractivity contribution is 7.89. The van der Waals surface area contributed by atoms with Gasteiger partial charge in [-0.25, -0.2) is 17.9 Å². The molecular formula is C9H10FNO4S. The molecule has 0 saturated carbocycles. The van der Waals surface area contributed by atoms with E-state index in [1.165, 1.54) is 6.92 Å². The second-order valence-electron chi connectivity index (χ2n) is 3.29. The van der Waals surface area contributed by atoms with Crippen LogP contribution in [0.4, 0.5) is 4.39 Å². The van der Waals surface area contributed by atoms with Crippen molar-refractivity contribution in [2.45, 2.75) is 17.7 Å². The highest BCUT2D eigenvalue weighted by atomic mass is 32.2. The molecule has 0 spiro atoms. The van der Waals surface area contributed by atoms with Gasteiger partial charge in [0.05, 0.1) is 10.8 Å². The number of benzene rings is 1. The van der Waals surface area contributed by atoms with E-state index in [1.807, 2.05) is 0 Å². The van der Waals surface area contributed by atoms with Crippen molar-refractivity contribution in [1.29, 1.82) is 0 Å². The lowest BCUT2D eigenvalue weighted by Gasteiger charge is -2.08. The van der Waals surface area contributed by atoms with Crippen molar-refractivity contribution < 1.29 is 22.7 Å². The highest BCUT2D eigenvalue weighted by Crippen LogP contribution is 2.21. The first-order valence-corrected chi connectivity index (χ1v) is 5.83. The molecule has 0 aliphatic carbocycles. The van der Waals surface area contributed by atoms with Crippen molar-refractivity contribution in [3.63, 3.8) is 0 Å². The molecule has 1 atom stereocenters. The van der Waals surface area contributed by atoms with Crippen LogP contribution in [0.2, 0.25) is 0 Å². The number of hydrogen-bond donors (Lipinski definition) is 2. The van der Waals surface area contributed by atoms with E-state index in [2.05, 4.69) is 0 Å². The van der Waals surface area contributed by atoms with Crippen LogP contribution >= 0.6 is 0 Å². The predicted molar refractivity (Wildman–Crippen MR) is 53.8 cm³/mol. The van der Waals surface area contributed by atoms with Gasteiger partial charge in [0.2, 0.25) is 10.0 Å². The maximum Gasteiger partial charge on any atom is 0.310 e. The first-order valence-electron chi connectivity index (χ1n) is 4.28. The Hall–Kier alpha value is -1.47. The number of nitrogens with two attached hydrogens (primary N) is 1. The van der Waals surface area contributed by atoms with E-state index in [1.54, 1.807) is 0 Å². The summed E-state index contributed by atoms with van der Waals surface area (Å²) in [5, 5.41) is 13.5. The zero-order valence-electron chi connectivity index (χ0n) is 8.34. The number of sulfonamides is 1. The van der Waals surface area contributed by atoms with Crippen LogP contribution in [0.25, 0.3) is 0 Å². The minimum absolute atomic E-state index is 0.0834. The van der Waals surface area contributed by atoms with E-state index >= 15 is 0 Å². The molecule has 88 valence electrons. The third kappa shape index (κ3) is 2.56. The van der Waals surface area contributed by atoms with E-state index in [4.69, 9.17) is 10.2 Å².